The highest BCUT2D eigenvalue weighted by molar-refractivity contribution is 6.91. The average Bonchev–Trinajstić information content (AvgIpc) is 3.26. The molecule has 3 aromatic carbocycles. The fourth-order valence-electron chi connectivity index (χ4n) is 8.67. The summed E-state index contributed by atoms with van der Waals surface area (Å²) in [4.78, 5) is 10.9. The van der Waals surface area contributed by atoms with Crippen LogP contribution in [0.1, 0.15) is 94.2 Å². The predicted molar refractivity (Wildman–Crippen MR) is 197 cm³/mol. The second-order valence-corrected chi connectivity index (χ2v) is 25.9. The first-order valence-electron chi connectivity index (χ1n) is 16.7. The lowest BCUT2D eigenvalue weighted by Crippen LogP contribution is -2.43. The molecule has 0 bridgehead atoms. The molecular weight excluding hydrogens is 565 g/mol. The monoisotopic (exact) mass is 614 g/mol. The largest absolute Gasteiger partial charge is 0.242 e. The van der Waals surface area contributed by atoms with E-state index in [0.717, 1.165) is 33.5 Å². The second kappa shape index (κ2) is 12.0. The van der Waals surface area contributed by atoms with Crippen LogP contribution in [0.3, 0.4) is 0 Å². The smallest absolute Gasteiger partial charge is 0.146 e. The van der Waals surface area contributed by atoms with E-state index in [1.54, 1.807) is 0 Å². The van der Waals surface area contributed by atoms with Crippen molar-refractivity contribution < 1.29 is 0 Å². The zero-order chi connectivity index (χ0) is 32.1. The van der Waals surface area contributed by atoms with Gasteiger partial charge in [0.05, 0.1) is 22.5 Å². The number of rotatable bonds is 6. The molecule has 0 saturated carbocycles. The van der Waals surface area contributed by atoms with Gasteiger partial charge in [0.25, 0.3) is 0 Å². The van der Waals surface area contributed by atoms with Gasteiger partial charge in [-0.05, 0) is 50.8 Å². The summed E-state index contributed by atoms with van der Waals surface area (Å²) >= 11 is 0. The fourth-order valence-corrected chi connectivity index (χ4v) is 19.1. The van der Waals surface area contributed by atoms with Crippen LogP contribution < -0.4 is 0 Å². The van der Waals surface area contributed by atoms with Gasteiger partial charge in [0.1, 0.15) is 27.2 Å². The molecule has 1 heterocycles. The first kappa shape index (κ1) is 32.2. The number of hydrogen-bond donors (Lipinski definition) is 0. The van der Waals surface area contributed by atoms with Gasteiger partial charge in [-0.2, -0.15) is 0 Å². The molecule has 0 unspecified atom stereocenters. The molecule has 0 amide bonds. The van der Waals surface area contributed by atoms with E-state index in [0.29, 0.717) is 33.2 Å². The van der Waals surface area contributed by atoms with E-state index in [-0.39, 0.29) is 0 Å². The van der Waals surface area contributed by atoms with E-state index in [2.05, 4.69) is 155 Å². The lowest BCUT2D eigenvalue weighted by Gasteiger charge is -2.38. The highest BCUT2D eigenvalue weighted by atomic mass is 28.3. The van der Waals surface area contributed by atoms with Crippen LogP contribution in [-0.4, -0.2) is 26.1 Å². The van der Waals surface area contributed by atoms with Crippen LogP contribution >= 0.6 is 0 Å². The number of hydrogen-bond acceptors (Lipinski definition) is 2. The molecular formula is C40H50N2Si2. The molecule has 0 saturated heterocycles. The fraction of sp³-hybridized carbons (Fsp3) is 0.450. The summed E-state index contributed by atoms with van der Waals surface area (Å²) in [5.41, 5.74) is 19.3. The maximum atomic E-state index is 5.44. The first-order chi connectivity index (χ1) is 20.8. The van der Waals surface area contributed by atoms with Crippen molar-refractivity contribution in [3.8, 4) is 45.4 Å². The first-order valence-corrected chi connectivity index (χ1v) is 21.2. The third kappa shape index (κ3) is 4.96. The lowest BCUT2D eigenvalue weighted by atomic mass is 10.0. The third-order valence-electron chi connectivity index (χ3n) is 10.8. The van der Waals surface area contributed by atoms with Crippen molar-refractivity contribution in [1.29, 1.82) is 0 Å². The van der Waals surface area contributed by atoms with E-state index in [1.165, 1.54) is 21.9 Å². The quantitative estimate of drug-likeness (QED) is 0.140. The van der Waals surface area contributed by atoms with Gasteiger partial charge in [0.15, 0.2) is 0 Å². The van der Waals surface area contributed by atoms with Crippen molar-refractivity contribution in [1.82, 2.24) is 9.97 Å². The Balaban J connectivity index is 1.83. The molecule has 228 valence electrons. The van der Waals surface area contributed by atoms with Gasteiger partial charge in [-0.25, -0.2) is 9.97 Å². The number of fused-ring (bicyclic) bond motifs is 4. The Bertz CT molecular complexity index is 1680. The van der Waals surface area contributed by atoms with Gasteiger partial charge in [-0.15, -0.1) is 11.1 Å². The molecule has 0 fully saturated rings. The Morgan fingerprint density at radius 2 is 0.818 bits per heavy atom. The Morgan fingerprint density at radius 3 is 1.14 bits per heavy atom. The average molecular weight is 615 g/mol. The maximum Gasteiger partial charge on any atom is 0.146 e. The summed E-state index contributed by atoms with van der Waals surface area (Å²) in [5.74, 6) is 7.47. The standard InChI is InChI=1S/C40H50N2Si2/c1-25(2)43(26(3)4,27(5)6)23-21-32-19-20-33(22-24-44(28(7)8,29(9)10)30(11)12)38-37(32)41-39-34-17-13-15-31-16-14-18-35(36(31)34)40(39)42-38/h13-20,25-30H,1-12H3. The molecule has 0 radical (unpaired) electrons. The maximum absolute atomic E-state index is 5.44. The van der Waals surface area contributed by atoms with E-state index in [9.17, 15) is 0 Å². The van der Waals surface area contributed by atoms with E-state index in [1.807, 2.05) is 0 Å². The van der Waals surface area contributed by atoms with Crippen LogP contribution in [0, 0.1) is 22.9 Å². The van der Waals surface area contributed by atoms with Crippen molar-refractivity contribution in [3.63, 3.8) is 0 Å². The van der Waals surface area contributed by atoms with Gasteiger partial charge < -0.3 is 0 Å². The SMILES string of the molecule is CC(C)[Si](C#Cc1ccc(C#C[Si](C(C)C)(C(C)C)C(C)C)c2nc3c(nc12)-c1cccc2cccc-3c12)(C(C)C)C(C)C. The summed E-state index contributed by atoms with van der Waals surface area (Å²) in [6.45, 7) is 28.5. The highest BCUT2D eigenvalue weighted by Gasteiger charge is 2.43. The predicted octanol–water partition coefficient (Wildman–Crippen LogP) is 11.6. The minimum Gasteiger partial charge on any atom is -0.242 e. The summed E-state index contributed by atoms with van der Waals surface area (Å²) < 4.78 is 0. The molecule has 1 aromatic heterocycles. The van der Waals surface area contributed by atoms with Gasteiger partial charge >= 0.3 is 0 Å². The van der Waals surface area contributed by atoms with Gasteiger partial charge in [0.2, 0.25) is 0 Å². The molecule has 5 rings (SSSR count). The lowest BCUT2D eigenvalue weighted by molar-refractivity contribution is 0.838. The van der Waals surface area contributed by atoms with Crippen LogP contribution in [0.2, 0.25) is 33.2 Å². The van der Waals surface area contributed by atoms with E-state index >= 15 is 0 Å². The third-order valence-corrected chi connectivity index (χ3v) is 23.4. The molecule has 0 atom stereocenters. The molecule has 1 aliphatic rings. The Hall–Kier alpha value is -3.19. The zero-order valence-corrected chi connectivity index (χ0v) is 31.0. The number of benzene rings is 3. The summed E-state index contributed by atoms with van der Waals surface area (Å²) in [6, 6.07) is 17.4. The number of aromatic nitrogens is 2. The second-order valence-electron chi connectivity index (χ2n) is 14.8. The number of nitrogens with zero attached hydrogens (tertiary/aromatic N) is 2. The Kier molecular flexibility index (Phi) is 8.76. The molecule has 0 N–H and O–H groups in total. The van der Waals surface area contributed by atoms with Crippen molar-refractivity contribution in [2.24, 2.45) is 0 Å². The van der Waals surface area contributed by atoms with Crippen molar-refractivity contribution in [3.05, 3.63) is 59.7 Å². The summed E-state index contributed by atoms with van der Waals surface area (Å²) in [7, 11) is -3.86. The van der Waals surface area contributed by atoms with Crippen molar-refractivity contribution in [2.75, 3.05) is 0 Å². The molecule has 1 aliphatic carbocycles. The van der Waals surface area contributed by atoms with E-state index < -0.39 is 16.1 Å². The van der Waals surface area contributed by atoms with Crippen LogP contribution in [-0.2, 0) is 0 Å². The molecule has 2 nitrogen and oxygen atoms in total. The topological polar surface area (TPSA) is 25.8 Å². The van der Waals surface area contributed by atoms with Crippen LogP contribution in [0.5, 0.6) is 0 Å². The summed E-state index contributed by atoms with van der Waals surface area (Å²) in [6.07, 6.45) is 0. The zero-order valence-electron chi connectivity index (χ0n) is 29.0. The summed E-state index contributed by atoms with van der Waals surface area (Å²) in [5, 5.41) is 2.48. The minimum atomic E-state index is -1.93. The van der Waals surface area contributed by atoms with Crippen LogP contribution in [0.15, 0.2) is 48.5 Å². The molecule has 0 spiro atoms. The molecule has 44 heavy (non-hydrogen) atoms. The minimum absolute atomic E-state index is 0.565. The van der Waals surface area contributed by atoms with Crippen LogP contribution in [0.4, 0.5) is 0 Å². The molecule has 0 aliphatic heterocycles. The van der Waals surface area contributed by atoms with Gasteiger partial charge in [0, 0.05) is 16.5 Å². The van der Waals surface area contributed by atoms with E-state index in [4.69, 9.17) is 9.97 Å². The van der Waals surface area contributed by atoms with Gasteiger partial charge in [-0.1, -0.05) is 131 Å². The normalized spacial score (nSPS) is 13.0. The highest BCUT2D eigenvalue weighted by Crippen LogP contribution is 2.46. The molecule has 4 aromatic rings. The Morgan fingerprint density at radius 1 is 0.477 bits per heavy atom. The van der Waals surface area contributed by atoms with Gasteiger partial charge in [-0.3, -0.25) is 0 Å². The van der Waals surface area contributed by atoms with Crippen molar-refractivity contribution in [2.45, 2.75) is 116 Å². The van der Waals surface area contributed by atoms with Crippen molar-refractivity contribution >= 4 is 38.0 Å². The Labute approximate surface area is 268 Å². The molecule has 4 heteroatoms. The van der Waals surface area contributed by atoms with Crippen LogP contribution in [0.25, 0.3) is 44.3 Å².